The van der Waals surface area contributed by atoms with Crippen LogP contribution in [0.2, 0.25) is 0 Å². The molecular formula is C17H22N2O8. The standard InChI is InChI=1S/C17H18N2O6.2H2O/c1-9-13(16(20)24-3)15(14(10(2)18-9)17(21)25-4)11-7-5-6-8-12(11)19(22)23;;/h5-8,15,18H,1-4H3;2*1H2. The zero-order valence-corrected chi connectivity index (χ0v) is 15.3. The first-order valence-corrected chi connectivity index (χ1v) is 7.42. The topological polar surface area (TPSA) is 171 Å². The van der Waals surface area contributed by atoms with Gasteiger partial charge in [0.1, 0.15) is 0 Å². The maximum absolute atomic E-state index is 12.3. The van der Waals surface area contributed by atoms with Gasteiger partial charge in [0.15, 0.2) is 0 Å². The zero-order chi connectivity index (χ0) is 18.7. The highest BCUT2D eigenvalue weighted by atomic mass is 16.6. The minimum atomic E-state index is -0.970. The van der Waals surface area contributed by atoms with E-state index in [1.54, 1.807) is 19.9 Å². The molecule has 0 saturated heterocycles. The minimum absolute atomic E-state index is 0. The Morgan fingerprint density at radius 2 is 1.44 bits per heavy atom. The molecule has 10 nitrogen and oxygen atoms in total. The molecule has 0 aromatic heterocycles. The van der Waals surface area contributed by atoms with Crippen molar-refractivity contribution in [2.24, 2.45) is 0 Å². The van der Waals surface area contributed by atoms with Crippen molar-refractivity contribution in [3.8, 4) is 0 Å². The summed E-state index contributed by atoms with van der Waals surface area (Å²) in [5, 5.41) is 14.4. The van der Waals surface area contributed by atoms with Crippen LogP contribution >= 0.6 is 0 Å². The molecule has 0 spiro atoms. The average Bonchev–Trinajstić information content (AvgIpc) is 2.59. The number of ether oxygens (including phenoxy) is 2. The number of para-hydroxylation sites is 1. The highest BCUT2D eigenvalue weighted by Gasteiger charge is 2.40. The van der Waals surface area contributed by atoms with E-state index in [1.165, 1.54) is 32.4 Å². The maximum atomic E-state index is 12.3. The second kappa shape index (κ2) is 9.46. The number of nitrogens with one attached hydrogen (secondary N) is 1. The van der Waals surface area contributed by atoms with Crippen molar-refractivity contribution in [3.63, 3.8) is 0 Å². The summed E-state index contributed by atoms with van der Waals surface area (Å²) in [6, 6.07) is 5.97. The quantitative estimate of drug-likeness (QED) is 0.449. The van der Waals surface area contributed by atoms with Crippen LogP contribution in [-0.2, 0) is 19.1 Å². The van der Waals surface area contributed by atoms with Gasteiger partial charge in [0.05, 0.1) is 36.2 Å². The summed E-state index contributed by atoms with van der Waals surface area (Å²) in [7, 11) is 2.42. The second-order valence-electron chi connectivity index (χ2n) is 5.43. The lowest BCUT2D eigenvalue weighted by atomic mass is 9.79. The summed E-state index contributed by atoms with van der Waals surface area (Å²) in [5.41, 5.74) is 1.19. The summed E-state index contributed by atoms with van der Waals surface area (Å²) in [6.07, 6.45) is 0. The highest BCUT2D eigenvalue weighted by molar-refractivity contribution is 6.00. The first-order chi connectivity index (χ1) is 11.8. The van der Waals surface area contributed by atoms with Crippen molar-refractivity contribution in [1.82, 2.24) is 5.32 Å². The molecule has 1 aliphatic rings. The van der Waals surface area contributed by atoms with E-state index in [0.717, 1.165) is 0 Å². The molecule has 0 amide bonds. The Morgan fingerprint density at radius 1 is 1.00 bits per heavy atom. The average molecular weight is 382 g/mol. The Hall–Kier alpha value is -3.24. The van der Waals surface area contributed by atoms with Crippen molar-refractivity contribution in [2.45, 2.75) is 19.8 Å². The number of rotatable bonds is 4. The number of methoxy groups -OCH3 is 2. The van der Waals surface area contributed by atoms with Crippen LogP contribution in [0.4, 0.5) is 5.69 Å². The number of dihydropyridines is 1. The van der Waals surface area contributed by atoms with Crippen LogP contribution in [0.3, 0.4) is 0 Å². The number of benzene rings is 1. The van der Waals surface area contributed by atoms with Gasteiger partial charge < -0.3 is 25.7 Å². The van der Waals surface area contributed by atoms with Crippen LogP contribution in [0.25, 0.3) is 0 Å². The Kier molecular flexibility index (Phi) is 8.32. The molecule has 10 heteroatoms. The molecular weight excluding hydrogens is 360 g/mol. The van der Waals surface area contributed by atoms with Gasteiger partial charge in [-0.1, -0.05) is 18.2 Å². The molecule has 0 unspecified atom stereocenters. The molecule has 0 radical (unpaired) electrons. The van der Waals surface area contributed by atoms with Crippen molar-refractivity contribution < 1.29 is 34.9 Å². The molecule has 27 heavy (non-hydrogen) atoms. The number of carbonyl (C=O) groups excluding carboxylic acids is 2. The number of hydrogen-bond donors (Lipinski definition) is 1. The van der Waals surface area contributed by atoms with Gasteiger partial charge >= 0.3 is 11.9 Å². The maximum Gasteiger partial charge on any atom is 0.336 e. The summed E-state index contributed by atoms with van der Waals surface area (Å²) in [6.45, 7) is 3.29. The molecule has 1 heterocycles. The van der Waals surface area contributed by atoms with E-state index < -0.39 is 22.8 Å². The lowest BCUT2D eigenvalue weighted by Gasteiger charge is -2.29. The molecule has 0 atom stereocenters. The Morgan fingerprint density at radius 3 is 1.85 bits per heavy atom. The molecule has 148 valence electrons. The smallest absolute Gasteiger partial charge is 0.336 e. The van der Waals surface area contributed by atoms with E-state index in [9.17, 15) is 19.7 Å². The molecule has 1 aromatic rings. The first-order valence-electron chi connectivity index (χ1n) is 7.42. The highest BCUT2D eigenvalue weighted by Crippen LogP contribution is 2.42. The monoisotopic (exact) mass is 382 g/mol. The molecule has 1 aliphatic heterocycles. The fraction of sp³-hybridized carbons (Fsp3) is 0.294. The zero-order valence-electron chi connectivity index (χ0n) is 15.3. The SMILES string of the molecule is COC(=O)C1=C(C)NC(C)=C(C(=O)OC)C1c1ccccc1[N+](=O)[O-].O.O. The van der Waals surface area contributed by atoms with E-state index >= 15 is 0 Å². The van der Waals surface area contributed by atoms with Gasteiger partial charge in [-0.05, 0) is 13.8 Å². The second-order valence-corrected chi connectivity index (χ2v) is 5.43. The third-order valence-electron chi connectivity index (χ3n) is 4.02. The molecule has 2 rings (SSSR count). The molecule has 5 N–H and O–H groups in total. The molecule has 0 bridgehead atoms. The number of esters is 2. The molecule has 0 saturated carbocycles. The fourth-order valence-corrected chi connectivity index (χ4v) is 2.96. The van der Waals surface area contributed by atoms with Gasteiger partial charge in [-0.2, -0.15) is 0 Å². The van der Waals surface area contributed by atoms with Gasteiger partial charge in [0.25, 0.3) is 5.69 Å². The predicted octanol–water partition coefficient (Wildman–Crippen LogP) is 0.526. The van der Waals surface area contributed by atoms with Gasteiger partial charge in [-0.25, -0.2) is 9.59 Å². The van der Waals surface area contributed by atoms with E-state index in [-0.39, 0.29) is 33.3 Å². The first kappa shape index (κ1) is 23.8. The largest absolute Gasteiger partial charge is 0.466 e. The van der Waals surface area contributed by atoms with Gasteiger partial charge in [-0.15, -0.1) is 0 Å². The van der Waals surface area contributed by atoms with Crippen LogP contribution in [-0.4, -0.2) is 42.0 Å². The van der Waals surface area contributed by atoms with Gasteiger partial charge in [0.2, 0.25) is 0 Å². The minimum Gasteiger partial charge on any atom is -0.466 e. The van der Waals surface area contributed by atoms with Gasteiger partial charge in [0, 0.05) is 23.0 Å². The number of nitro benzene ring substituents is 1. The molecule has 0 fully saturated rings. The van der Waals surface area contributed by atoms with Crippen LogP contribution in [0, 0.1) is 10.1 Å². The van der Waals surface area contributed by atoms with Crippen LogP contribution in [0.1, 0.15) is 25.3 Å². The van der Waals surface area contributed by atoms with Crippen molar-refractivity contribution in [3.05, 3.63) is 62.5 Å². The van der Waals surface area contributed by atoms with Crippen LogP contribution in [0.5, 0.6) is 0 Å². The fourth-order valence-electron chi connectivity index (χ4n) is 2.96. The van der Waals surface area contributed by atoms with E-state index in [4.69, 9.17) is 9.47 Å². The third kappa shape index (κ3) is 4.30. The summed E-state index contributed by atoms with van der Waals surface area (Å²) in [5.74, 6) is -2.33. The summed E-state index contributed by atoms with van der Waals surface area (Å²) >= 11 is 0. The van der Waals surface area contributed by atoms with Crippen molar-refractivity contribution in [2.75, 3.05) is 14.2 Å². The van der Waals surface area contributed by atoms with E-state index in [2.05, 4.69) is 5.32 Å². The summed E-state index contributed by atoms with van der Waals surface area (Å²) < 4.78 is 9.66. The normalized spacial score (nSPS) is 13.8. The lowest BCUT2D eigenvalue weighted by Crippen LogP contribution is -2.32. The van der Waals surface area contributed by atoms with E-state index in [0.29, 0.717) is 11.4 Å². The number of nitrogens with zero attached hydrogens (tertiary/aromatic N) is 1. The number of nitro groups is 1. The molecule has 0 aliphatic carbocycles. The van der Waals surface area contributed by atoms with Crippen molar-refractivity contribution in [1.29, 1.82) is 0 Å². The number of allylic oxidation sites excluding steroid dienone is 2. The Balaban J connectivity index is 0.00000338. The molecule has 1 aromatic carbocycles. The van der Waals surface area contributed by atoms with E-state index in [1.807, 2.05) is 0 Å². The van der Waals surface area contributed by atoms with Crippen LogP contribution in [0.15, 0.2) is 46.8 Å². The lowest BCUT2D eigenvalue weighted by molar-refractivity contribution is -0.385. The third-order valence-corrected chi connectivity index (χ3v) is 4.02. The predicted molar refractivity (Wildman–Crippen MR) is 95.6 cm³/mol. The number of carbonyl (C=O) groups is 2. The van der Waals surface area contributed by atoms with Crippen LogP contribution < -0.4 is 5.32 Å². The Labute approximate surface area is 155 Å². The number of hydrogen-bond acceptors (Lipinski definition) is 7. The van der Waals surface area contributed by atoms with Gasteiger partial charge in [-0.3, -0.25) is 10.1 Å². The Bertz CT molecular complexity index is 775. The summed E-state index contributed by atoms with van der Waals surface area (Å²) in [4.78, 5) is 35.6. The van der Waals surface area contributed by atoms with Crippen molar-refractivity contribution >= 4 is 17.6 Å².